The fourth-order valence-electron chi connectivity index (χ4n) is 3.85. The van der Waals surface area contributed by atoms with E-state index in [0.717, 1.165) is 50.6 Å². The molecule has 2 unspecified atom stereocenters. The van der Waals surface area contributed by atoms with Crippen LogP contribution in [0.3, 0.4) is 0 Å². The molecule has 8 heteroatoms. The number of benzene rings is 1. The second-order valence-corrected chi connectivity index (χ2v) is 7.60. The van der Waals surface area contributed by atoms with Crippen LogP contribution in [0.1, 0.15) is 25.3 Å². The normalized spacial score (nSPS) is 21.9. The Bertz CT molecular complexity index is 889. The molecule has 0 aliphatic carbocycles. The molecule has 2 aromatic rings. The van der Waals surface area contributed by atoms with Crippen LogP contribution in [0.15, 0.2) is 47.6 Å². The van der Waals surface area contributed by atoms with Gasteiger partial charge in [0.25, 0.3) is 0 Å². The highest BCUT2D eigenvalue weighted by atomic mass is 19.1. The summed E-state index contributed by atoms with van der Waals surface area (Å²) < 4.78 is 31.1. The minimum Gasteiger partial charge on any atom is -0.439 e. The van der Waals surface area contributed by atoms with E-state index in [1.807, 2.05) is 12.1 Å². The third kappa shape index (κ3) is 5.71. The minimum atomic E-state index is -0.351. The topological polar surface area (TPSA) is 68.2 Å². The maximum Gasteiger partial charge on any atom is 0.224 e. The molecule has 0 amide bonds. The third-order valence-corrected chi connectivity index (χ3v) is 5.37. The number of nitrogens with zero attached hydrogens (tertiary/aromatic N) is 3. The number of aromatic nitrogens is 1. The minimum absolute atomic E-state index is 0.0605. The number of hydrogen-bond donors (Lipinski definition) is 1. The lowest BCUT2D eigenvalue weighted by Gasteiger charge is -2.37. The maximum absolute atomic E-state index is 13.5. The van der Waals surface area contributed by atoms with Crippen molar-refractivity contribution in [2.75, 3.05) is 32.8 Å². The molecule has 166 valence electrons. The van der Waals surface area contributed by atoms with E-state index in [-0.39, 0.29) is 18.0 Å². The lowest BCUT2D eigenvalue weighted by atomic mass is 10.1. The van der Waals surface area contributed by atoms with Gasteiger partial charge in [-0.05, 0) is 38.0 Å². The fourth-order valence-corrected chi connectivity index (χ4v) is 3.85. The molecule has 0 spiro atoms. The zero-order chi connectivity index (χ0) is 21.5. The molecule has 4 rings (SSSR count). The molecule has 1 aromatic carbocycles. The lowest BCUT2D eigenvalue weighted by Crippen LogP contribution is -2.53. The fraction of sp³-hybridized carbons (Fsp3) is 0.478. The van der Waals surface area contributed by atoms with Gasteiger partial charge in [0.1, 0.15) is 17.7 Å². The molecular formula is C23H29FN4O3. The van der Waals surface area contributed by atoms with Crippen LogP contribution in [0.2, 0.25) is 0 Å². The van der Waals surface area contributed by atoms with Gasteiger partial charge in [-0.25, -0.2) is 14.4 Å². The predicted molar refractivity (Wildman–Crippen MR) is 116 cm³/mol. The first kappa shape index (κ1) is 21.5. The molecule has 1 N–H and O–H groups in total. The van der Waals surface area contributed by atoms with Crippen molar-refractivity contribution < 1.29 is 18.6 Å². The predicted octanol–water partition coefficient (Wildman–Crippen LogP) is 3.36. The van der Waals surface area contributed by atoms with Gasteiger partial charge in [0.05, 0.1) is 19.3 Å². The second-order valence-electron chi connectivity index (χ2n) is 7.60. The SMILES string of the molecule is CCNC(=NCc1cccnc1Oc1cccc(F)c1)N1CCOC(C2CCCO2)C1. The molecule has 31 heavy (non-hydrogen) atoms. The highest BCUT2D eigenvalue weighted by Crippen LogP contribution is 2.24. The number of halogens is 1. The van der Waals surface area contributed by atoms with E-state index in [4.69, 9.17) is 19.2 Å². The van der Waals surface area contributed by atoms with Gasteiger partial charge in [-0.15, -0.1) is 0 Å². The van der Waals surface area contributed by atoms with Crippen molar-refractivity contribution in [3.8, 4) is 11.6 Å². The van der Waals surface area contributed by atoms with Crippen LogP contribution in [-0.4, -0.2) is 60.9 Å². The number of hydrogen-bond acceptors (Lipinski definition) is 5. The summed E-state index contributed by atoms with van der Waals surface area (Å²) in [6, 6.07) is 9.79. The molecule has 2 aliphatic rings. The molecule has 7 nitrogen and oxygen atoms in total. The molecule has 0 saturated carbocycles. The van der Waals surface area contributed by atoms with E-state index >= 15 is 0 Å². The first-order chi connectivity index (χ1) is 15.2. The van der Waals surface area contributed by atoms with E-state index < -0.39 is 0 Å². The number of aliphatic imine (C=N–C) groups is 1. The molecule has 2 saturated heterocycles. The Labute approximate surface area is 182 Å². The standard InChI is InChI=1S/C23H29FN4O3/c1-2-25-23(28-11-13-30-21(16-28)20-9-5-12-29-20)27-15-17-6-4-10-26-22(17)31-19-8-3-7-18(24)14-19/h3-4,6-8,10,14,20-21H,2,5,9,11-13,15-16H2,1H3,(H,25,27). The van der Waals surface area contributed by atoms with Gasteiger partial charge < -0.3 is 24.4 Å². The molecule has 2 atom stereocenters. The van der Waals surface area contributed by atoms with E-state index in [9.17, 15) is 4.39 Å². The first-order valence-corrected chi connectivity index (χ1v) is 10.9. The Hall–Kier alpha value is -2.71. The van der Waals surface area contributed by atoms with E-state index in [1.54, 1.807) is 18.3 Å². The number of rotatable bonds is 6. The smallest absolute Gasteiger partial charge is 0.224 e. The van der Waals surface area contributed by atoms with Crippen molar-refractivity contribution >= 4 is 5.96 Å². The van der Waals surface area contributed by atoms with Crippen LogP contribution >= 0.6 is 0 Å². The Morgan fingerprint density at radius 2 is 2.16 bits per heavy atom. The van der Waals surface area contributed by atoms with E-state index in [1.165, 1.54) is 12.1 Å². The maximum atomic E-state index is 13.5. The van der Waals surface area contributed by atoms with Gasteiger partial charge in [0.15, 0.2) is 5.96 Å². The van der Waals surface area contributed by atoms with E-state index in [2.05, 4.69) is 22.1 Å². The number of nitrogens with one attached hydrogen (secondary N) is 1. The van der Waals surface area contributed by atoms with Crippen LogP contribution < -0.4 is 10.1 Å². The Morgan fingerprint density at radius 1 is 1.26 bits per heavy atom. The van der Waals surface area contributed by atoms with Gasteiger partial charge in [-0.1, -0.05) is 12.1 Å². The van der Waals surface area contributed by atoms with Gasteiger partial charge >= 0.3 is 0 Å². The van der Waals surface area contributed by atoms with Crippen molar-refractivity contribution in [3.63, 3.8) is 0 Å². The molecule has 1 aromatic heterocycles. The summed E-state index contributed by atoms with van der Waals surface area (Å²) in [4.78, 5) is 11.4. The van der Waals surface area contributed by atoms with Crippen LogP contribution in [0.25, 0.3) is 0 Å². The first-order valence-electron chi connectivity index (χ1n) is 10.9. The van der Waals surface area contributed by atoms with Crippen molar-refractivity contribution in [2.45, 2.75) is 38.5 Å². The average molecular weight is 429 g/mol. The van der Waals surface area contributed by atoms with Gasteiger partial charge in [0.2, 0.25) is 5.88 Å². The molecule has 0 bridgehead atoms. The molecule has 0 radical (unpaired) electrons. The Morgan fingerprint density at radius 3 is 2.97 bits per heavy atom. The monoisotopic (exact) mass is 428 g/mol. The summed E-state index contributed by atoms with van der Waals surface area (Å²) in [5.74, 6) is 1.31. The number of pyridine rings is 1. The molecular weight excluding hydrogens is 399 g/mol. The van der Waals surface area contributed by atoms with Crippen molar-refractivity contribution in [1.82, 2.24) is 15.2 Å². The number of morpholine rings is 1. The largest absolute Gasteiger partial charge is 0.439 e. The highest BCUT2D eigenvalue weighted by Gasteiger charge is 2.32. The van der Waals surface area contributed by atoms with Gasteiger partial charge in [-0.3, -0.25) is 0 Å². The highest BCUT2D eigenvalue weighted by molar-refractivity contribution is 5.80. The van der Waals surface area contributed by atoms with Crippen molar-refractivity contribution in [2.24, 2.45) is 4.99 Å². The third-order valence-electron chi connectivity index (χ3n) is 5.37. The summed E-state index contributed by atoms with van der Waals surface area (Å²) in [7, 11) is 0. The van der Waals surface area contributed by atoms with Crippen LogP contribution in [0.4, 0.5) is 4.39 Å². The Kier molecular flexibility index (Phi) is 7.32. The van der Waals surface area contributed by atoms with Crippen molar-refractivity contribution in [1.29, 1.82) is 0 Å². The lowest BCUT2D eigenvalue weighted by molar-refractivity contribution is -0.0817. The average Bonchev–Trinajstić information content (AvgIpc) is 3.33. The summed E-state index contributed by atoms with van der Waals surface area (Å²) in [6.07, 6.45) is 4.01. The Balaban J connectivity index is 1.47. The van der Waals surface area contributed by atoms with Gasteiger partial charge in [-0.2, -0.15) is 0 Å². The van der Waals surface area contributed by atoms with Crippen LogP contribution in [-0.2, 0) is 16.0 Å². The van der Waals surface area contributed by atoms with Crippen molar-refractivity contribution in [3.05, 3.63) is 54.0 Å². The molecule has 2 fully saturated rings. The zero-order valence-electron chi connectivity index (χ0n) is 17.8. The second kappa shape index (κ2) is 10.5. The van der Waals surface area contributed by atoms with Crippen LogP contribution in [0, 0.1) is 5.82 Å². The number of guanidine groups is 1. The summed E-state index contributed by atoms with van der Waals surface area (Å²) in [5, 5.41) is 3.38. The summed E-state index contributed by atoms with van der Waals surface area (Å²) >= 11 is 0. The molecule has 3 heterocycles. The quantitative estimate of drug-likeness (QED) is 0.562. The summed E-state index contributed by atoms with van der Waals surface area (Å²) in [5.41, 5.74) is 0.825. The number of ether oxygens (including phenoxy) is 3. The van der Waals surface area contributed by atoms with Crippen LogP contribution in [0.5, 0.6) is 11.6 Å². The zero-order valence-corrected chi connectivity index (χ0v) is 17.8. The van der Waals surface area contributed by atoms with Gasteiger partial charge in [0, 0.05) is 44.1 Å². The summed E-state index contributed by atoms with van der Waals surface area (Å²) in [6.45, 7) is 6.19. The molecule has 2 aliphatic heterocycles. The van der Waals surface area contributed by atoms with E-state index in [0.29, 0.717) is 24.8 Å².